The van der Waals surface area contributed by atoms with Gasteiger partial charge < -0.3 is 15.3 Å². The number of halogens is 3. The van der Waals surface area contributed by atoms with Crippen LogP contribution in [0.25, 0.3) is 10.9 Å². The highest BCUT2D eigenvalue weighted by Crippen LogP contribution is 2.27. The van der Waals surface area contributed by atoms with Crippen LogP contribution < -0.4 is 10.2 Å². The number of pyridine rings is 1. The van der Waals surface area contributed by atoms with Crippen LogP contribution in [-0.2, 0) is 4.79 Å². The largest absolute Gasteiger partial charge is 0.478 e. The number of aromatic nitrogens is 1. The van der Waals surface area contributed by atoms with Gasteiger partial charge in [0.25, 0.3) is 0 Å². The van der Waals surface area contributed by atoms with Gasteiger partial charge in [0, 0.05) is 43.7 Å². The van der Waals surface area contributed by atoms with Crippen molar-refractivity contribution in [3.63, 3.8) is 0 Å². The zero-order valence-electron chi connectivity index (χ0n) is 18.5. The Hall–Kier alpha value is -1.80. The highest BCUT2D eigenvalue weighted by molar-refractivity contribution is 6.05. The Morgan fingerprint density at radius 1 is 1.03 bits per heavy atom. The first-order chi connectivity index (χ1) is 14.0. The summed E-state index contributed by atoms with van der Waals surface area (Å²) in [5.41, 5.74) is 1.44. The maximum atomic E-state index is 12.0. The number of unbranched alkanes of at least 4 members (excludes halogenated alkanes) is 1. The van der Waals surface area contributed by atoms with Crippen molar-refractivity contribution in [3.05, 3.63) is 29.8 Å². The van der Waals surface area contributed by atoms with Crippen LogP contribution in [0.3, 0.4) is 0 Å². The molecule has 2 heterocycles. The number of benzene rings is 1. The van der Waals surface area contributed by atoms with Gasteiger partial charge in [-0.05, 0) is 43.7 Å². The van der Waals surface area contributed by atoms with Crippen LogP contribution in [-0.4, -0.2) is 59.6 Å². The predicted octanol–water partition coefficient (Wildman–Crippen LogP) is 4.86. The third kappa shape index (κ3) is 7.66. The van der Waals surface area contributed by atoms with Gasteiger partial charge in [-0.25, -0.2) is 9.78 Å². The van der Waals surface area contributed by atoms with Crippen molar-refractivity contribution in [3.8, 4) is 0 Å². The van der Waals surface area contributed by atoms with Gasteiger partial charge in [-0.3, -0.25) is 9.69 Å². The second-order valence-corrected chi connectivity index (χ2v) is 7.55. The zero-order chi connectivity index (χ0) is 20.8. The summed E-state index contributed by atoms with van der Waals surface area (Å²) in [6, 6.07) is 6.93. The Morgan fingerprint density at radius 2 is 1.72 bits per heavy atom. The molecule has 0 radical (unpaired) electrons. The Labute approximate surface area is 208 Å². The molecule has 1 fully saturated rings. The second-order valence-electron chi connectivity index (χ2n) is 7.55. The maximum Gasteiger partial charge on any atom is 0.336 e. The zero-order valence-corrected chi connectivity index (χ0v) is 21.0. The third-order valence-electron chi connectivity index (χ3n) is 5.30. The van der Waals surface area contributed by atoms with Crippen molar-refractivity contribution < 1.29 is 14.7 Å². The molecule has 1 aliphatic heterocycles. The van der Waals surface area contributed by atoms with Crippen LogP contribution in [0, 0.1) is 0 Å². The monoisotopic (exact) mass is 506 g/mol. The number of hydrogen-bond donors (Lipinski definition) is 2. The number of carboxylic acid groups (broad SMARTS) is 1. The number of piperazine rings is 1. The van der Waals surface area contributed by atoms with Gasteiger partial charge in [0.05, 0.1) is 11.1 Å². The van der Waals surface area contributed by atoms with E-state index in [9.17, 15) is 14.7 Å². The molecule has 1 aromatic carbocycles. The molecule has 0 aliphatic carbocycles. The van der Waals surface area contributed by atoms with E-state index in [4.69, 9.17) is 4.98 Å². The molecule has 3 rings (SSSR count). The number of rotatable bonds is 8. The van der Waals surface area contributed by atoms with E-state index < -0.39 is 5.97 Å². The predicted molar refractivity (Wildman–Crippen MR) is 138 cm³/mol. The van der Waals surface area contributed by atoms with Crippen LogP contribution in [0.4, 0.5) is 11.5 Å². The Morgan fingerprint density at radius 3 is 2.31 bits per heavy atom. The summed E-state index contributed by atoms with van der Waals surface area (Å²) in [6.07, 6.45) is 3.38. The lowest BCUT2D eigenvalue weighted by Crippen LogP contribution is -2.46. The van der Waals surface area contributed by atoms with Crippen molar-refractivity contribution in [1.29, 1.82) is 0 Å². The van der Waals surface area contributed by atoms with Gasteiger partial charge in [-0.15, -0.1) is 37.2 Å². The average Bonchev–Trinajstić information content (AvgIpc) is 2.72. The molecule has 0 bridgehead atoms. The Bertz CT molecular complexity index is 890. The number of anilines is 2. The third-order valence-corrected chi connectivity index (χ3v) is 5.30. The lowest BCUT2D eigenvalue weighted by molar-refractivity contribution is -0.116. The summed E-state index contributed by atoms with van der Waals surface area (Å²) in [5, 5.41) is 13.2. The molecule has 1 aliphatic rings. The topological polar surface area (TPSA) is 85.8 Å². The number of carboxylic acids is 1. The van der Waals surface area contributed by atoms with Crippen LogP contribution in [0.15, 0.2) is 24.3 Å². The molecule has 1 amide bonds. The first kappa shape index (κ1) is 30.2. The minimum absolute atomic E-state index is 0. The number of carbonyl (C=O) groups excluding carboxylic acids is 1. The fraction of sp³-hybridized carbons (Fsp3) is 0.500. The lowest BCUT2D eigenvalue weighted by Gasteiger charge is -2.35. The first-order valence-corrected chi connectivity index (χ1v) is 10.5. The summed E-state index contributed by atoms with van der Waals surface area (Å²) in [6.45, 7) is 8.89. The number of hydrogen-bond acceptors (Lipinski definition) is 5. The van der Waals surface area contributed by atoms with E-state index in [1.807, 2.05) is 6.92 Å². The van der Waals surface area contributed by atoms with Crippen LogP contribution in [0.1, 0.15) is 49.9 Å². The van der Waals surface area contributed by atoms with Gasteiger partial charge in [-0.1, -0.05) is 20.3 Å². The first-order valence-electron chi connectivity index (χ1n) is 10.5. The molecule has 0 saturated carbocycles. The maximum absolute atomic E-state index is 12.0. The van der Waals surface area contributed by atoms with Crippen molar-refractivity contribution >= 4 is 71.5 Å². The highest BCUT2D eigenvalue weighted by atomic mass is 35.5. The van der Waals surface area contributed by atoms with Crippen LogP contribution in [0.2, 0.25) is 0 Å². The summed E-state index contributed by atoms with van der Waals surface area (Å²) in [7, 11) is 0. The van der Waals surface area contributed by atoms with E-state index in [1.54, 1.807) is 24.3 Å². The molecule has 1 saturated heterocycles. The fourth-order valence-electron chi connectivity index (χ4n) is 3.71. The molecule has 2 N–H and O–H groups in total. The molecular formula is C22H33Cl3N4O3. The van der Waals surface area contributed by atoms with Gasteiger partial charge in [0.2, 0.25) is 5.91 Å². The molecule has 180 valence electrons. The number of aromatic carboxylic acids is 1. The number of nitrogens with zero attached hydrogens (tertiary/aromatic N) is 3. The van der Waals surface area contributed by atoms with E-state index in [1.165, 1.54) is 0 Å². The summed E-state index contributed by atoms with van der Waals surface area (Å²) >= 11 is 0. The van der Waals surface area contributed by atoms with Gasteiger partial charge in [0.15, 0.2) is 0 Å². The molecular weight excluding hydrogens is 475 g/mol. The van der Waals surface area contributed by atoms with Crippen LogP contribution in [0.5, 0.6) is 0 Å². The number of amides is 1. The molecule has 1 aromatic heterocycles. The van der Waals surface area contributed by atoms with E-state index in [2.05, 4.69) is 22.0 Å². The summed E-state index contributed by atoms with van der Waals surface area (Å²) < 4.78 is 0. The Kier molecular flexibility index (Phi) is 13.6. The van der Waals surface area contributed by atoms with Crippen LogP contribution >= 0.6 is 37.2 Å². The van der Waals surface area contributed by atoms with Crippen molar-refractivity contribution in [2.24, 2.45) is 0 Å². The molecule has 0 spiro atoms. The molecule has 0 atom stereocenters. The van der Waals surface area contributed by atoms with Crippen molar-refractivity contribution in [1.82, 2.24) is 9.88 Å². The second kappa shape index (κ2) is 14.4. The molecule has 10 heteroatoms. The minimum Gasteiger partial charge on any atom is -0.478 e. The quantitative estimate of drug-likeness (QED) is 0.531. The highest BCUT2D eigenvalue weighted by Gasteiger charge is 2.20. The van der Waals surface area contributed by atoms with E-state index >= 15 is 0 Å². The van der Waals surface area contributed by atoms with Gasteiger partial charge in [-0.2, -0.15) is 0 Å². The standard InChI is InChI=1S/C22H30N4O3.3ClH/c1-3-5-6-21(27)23-16-7-8-19-17(14-16)18(22(28)29)15-20(24-19)26-12-10-25(9-4-2)11-13-26;;;/h7-8,14-15H,3-6,9-13H2,1-2H3,(H,23,27)(H,28,29);3*1H. The molecule has 7 nitrogen and oxygen atoms in total. The van der Waals surface area contributed by atoms with Crippen molar-refractivity contribution in [2.75, 3.05) is 42.9 Å². The SMILES string of the molecule is CCCCC(=O)Nc1ccc2nc(N3CCN(CCC)CC3)cc(C(=O)O)c2c1.Cl.Cl.Cl. The lowest BCUT2D eigenvalue weighted by atomic mass is 10.1. The normalized spacial score (nSPS) is 13.5. The Balaban J connectivity index is 0.00000320. The van der Waals surface area contributed by atoms with E-state index in [-0.39, 0.29) is 48.7 Å². The smallest absolute Gasteiger partial charge is 0.336 e. The van der Waals surface area contributed by atoms with Crippen molar-refractivity contribution in [2.45, 2.75) is 39.5 Å². The van der Waals surface area contributed by atoms with E-state index in [0.29, 0.717) is 28.8 Å². The van der Waals surface area contributed by atoms with Gasteiger partial charge in [0.1, 0.15) is 5.82 Å². The number of carbonyl (C=O) groups is 2. The average molecular weight is 508 g/mol. The number of fused-ring (bicyclic) bond motifs is 1. The molecule has 2 aromatic rings. The number of nitrogens with one attached hydrogen (secondary N) is 1. The minimum atomic E-state index is -0.988. The van der Waals surface area contributed by atoms with Gasteiger partial charge >= 0.3 is 5.97 Å². The summed E-state index contributed by atoms with van der Waals surface area (Å²) in [4.78, 5) is 33.2. The van der Waals surface area contributed by atoms with E-state index in [0.717, 1.165) is 52.0 Å². The summed E-state index contributed by atoms with van der Waals surface area (Å²) in [5.74, 6) is -0.346. The molecule has 0 unspecified atom stereocenters. The fourth-order valence-corrected chi connectivity index (χ4v) is 3.71. The molecule has 32 heavy (non-hydrogen) atoms.